The fourth-order valence-electron chi connectivity index (χ4n) is 1.51. The van der Waals surface area contributed by atoms with Crippen molar-refractivity contribution in [3.63, 3.8) is 0 Å². The Morgan fingerprint density at radius 2 is 2.35 bits per heavy atom. The van der Waals surface area contributed by atoms with Crippen LogP contribution in [-0.2, 0) is 4.74 Å². The summed E-state index contributed by atoms with van der Waals surface area (Å²) in [4.78, 5) is 17.7. The lowest BCUT2D eigenvalue weighted by molar-refractivity contribution is 0.0781. The molecule has 94 valence electrons. The normalized spacial score (nSPS) is 12.2. The van der Waals surface area contributed by atoms with E-state index < -0.39 is 0 Å². The van der Waals surface area contributed by atoms with Crippen molar-refractivity contribution < 1.29 is 9.53 Å². The van der Waals surface area contributed by atoms with Gasteiger partial charge < -0.3 is 9.64 Å². The highest BCUT2D eigenvalue weighted by molar-refractivity contribution is 6.21. The SMILES string of the molecule is COCC(Cl)CN(C)C(=O)c1ccnc(C)c1. The zero-order chi connectivity index (χ0) is 12.8. The zero-order valence-electron chi connectivity index (χ0n) is 10.3. The van der Waals surface area contributed by atoms with Gasteiger partial charge in [-0.15, -0.1) is 11.6 Å². The number of ether oxygens (including phenoxy) is 1. The molecule has 0 radical (unpaired) electrons. The molecular weight excluding hydrogens is 240 g/mol. The number of carbonyl (C=O) groups excluding carboxylic acids is 1. The maximum Gasteiger partial charge on any atom is 0.253 e. The lowest BCUT2D eigenvalue weighted by Gasteiger charge is -2.20. The number of pyridine rings is 1. The predicted molar refractivity (Wildman–Crippen MR) is 67.5 cm³/mol. The molecule has 0 aliphatic rings. The van der Waals surface area contributed by atoms with E-state index in [0.717, 1.165) is 5.69 Å². The molecule has 0 aromatic carbocycles. The van der Waals surface area contributed by atoms with E-state index in [1.165, 1.54) is 0 Å². The maximum atomic E-state index is 12.0. The number of halogens is 1. The molecule has 0 aliphatic heterocycles. The number of methoxy groups -OCH3 is 1. The first-order valence-electron chi connectivity index (χ1n) is 5.35. The third kappa shape index (κ3) is 4.32. The molecular formula is C12H17ClN2O2. The van der Waals surface area contributed by atoms with E-state index in [0.29, 0.717) is 18.7 Å². The summed E-state index contributed by atoms with van der Waals surface area (Å²) in [6.07, 6.45) is 1.63. The Morgan fingerprint density at radius 3 is 2.94 bits per heavy atom. The molecule has 1 heterocycles. The highest BCUT2D eigenvalue weighted by Crippen LogP contribution is 2.07. The van der Waals surface area contributed by atoms with Crippen molar-refractivity contribution in [2.24, 2.45) is 0 Å². The molecule has 4 nitrogen and oxygen atoms in total. The molecule has 0 bridgehead atoms. The van der Waals surface area contributed by atoms with Crippen LogP contribution in [0.25, 0.3) is 0 Å². The van der Waals surface area contributed by atoms with E-state index in [1.54, 1.807) is 37.4 Å². The number of alkyl halides is 1. The average molecular weight is 257 g/mol. The van der Waals surface area contributed by atoms with Crippen LogP contribution in [0.2, 0.25) is 0 Å². The molecule has 0 spiro atoms. The number of nitrogens with zero attached hydrogens (tertiary/aromatic N) is 2. The summed E-state index contributed by atoms with van der Waals surface area (Å²) in [6, 6.07) is 3.46. The topological polar surface area (TPSA) is 42.4 Å². The van der Waals surface area contributed by atoms with Crippen molar-refractivity contribution in [2.45, 2.75) is 12.3 Å². The van der Waals surface area contributed by atoms with Gasteiger partial charge in [0.25, 0.3) is 5.91 Å². The van der Waals surface area contributed by atoms with Crippen LogP contribution in [0.1, 0.15) is 16.1 Å². The number of aromatic nitrogens is 1. The van der Waals surface area contributed by atoms with Gasteiger partial charge in [0.05, 0.1) is 12.0 Å². The molecule has 0 saturated heterocycles. The van der Waals surface area contributed by atoms with Crippen molar-refractivity contribution in [3.8, 4) is 0 Å². The maximum absolute atomic E-state index is 12.0. The second kappa shape index (κ2) is 6.57. The van der Waals surface area contributed by atoms with Gasteiger partial charge in [0.2, 0.25) is 0 Å². The third-order valence-electron chi connectivity index (χ3n) is 2.31. The van der Waals surface area contributed by atoms with Crippen LogP contribution in [0.4, 0.5) is 0 Å². The highest BCUT2D eigenvalue weighted by atomic mass is 35.5. The van der Waals surface area contributed by atoms with Gasteiger partial charge in [-0.05, 0) is 19.1 Å². The van der Waals surface area contributed by atoms with Crippen molar-refractivity contribution in [2.75, 3.05) is 27.3 Å². The highest BCUT2D eigenvalue weighted by Gasteiger charge is 2.15. The van der Waals surface area contributed by atoms with Gasteiger partial charge in [-0.3, -0.25) is 9.78 Å². The standard InChI is InChI=1S/C12H17ClN2O2/c1-9-6-10(4-5-14-9)12(16)15(2)7-11(13)8-17-3/h4-6,11H,7-8H2,1-3H3. The number of hydrogen-bond donors (Lipinski definition) is 0. The van der Waals surface area contributed by atoms with E-state index in [1.807, 2.05) is 6.92 Å². The van der Waals surface area contributed by atoms with Crippen LogP contribution in [0, 0.1) is 6.92 Å². The lowest BCUT2D eigenvalue weighted by atomic mass is 10.2. The van der Waals surface area contributed by atoms with Crippen LogP contribution in [0.15, 0.2) is 18.3 Å². The molecule has 1 aromatic heterocycles. The Hall–Kier alpha value is -1.13. The number of hydrogen-bond acceptors (Lipinski definition) is 3. The minimum Gasteiger partial charge on any atom is -0.383 e. The molecule has 1 atom stereocenters. The molecule has 0 saturated carbocycles. The summed E-state index contributed by atoms with van der Waals surface area (Å²) in [7, 11) is 3.31. The quantitative estimate of drug-likeness (QED) is 0.754. The summed E-state index contributed by atoms with van der Waals surface area (Å²) >= 11 is 6.01. The van der Waals surface area contributed by atoms with Gasteiger partial charge >= 0.3 is 0 Å². The first-order chi connectivity index (χ1) is 8.04. The number of amides is 1. The van der Waals surface area contributed by atoms with Crippen molar-refractivity contribution in [1.29, 1.82) is 0 Å². The summed E-state index contributed by atoms with van der Waals surface area (Å²) in [5.41, 5.74) is 1.45. The predicted octanol–water partition coefficient (Wildman–Crippen LogP) is 1.72. The fraction of sp³-hybridized carbons (Fsp3) is 0.500. The number of rotatable bonds is 5. The second-order valence-electron chi connectivity index (χ2n) is 3.92. The van der Waals surface area contributed by atoms with Crippen LogP contribution in [0.3, 0.4) is 0 Å². The molecule has 17 heavy (non-hydrogen) atoms. The summed E-state index contributed by atoms with van der Waals surface area (Å²) in [5, 5.41) is -0.197. The molecule has 0 fully saturated rings. The monoisotopic (exact) mass is 256 g/mol. The molecule has 1 rings (SSSR count). The van der Waals surface area contributed by atoms with Crippen LogP contribution >= 0.6 is 11.6 Å². The molecule has 0 N–H and O–H groups in total. The zero-order valence-corrected chi connectivity index (χ0v) is 11.1. The summed E-state index contributed by atoms with van der Waals surface area (Å²) < 4.78 is 4.93. The van der Waals surface area contributed by atoms with Crippen LogP contribution in [-0.4, -0.2) is 48.5 Å². The lowest BCUT2D eigenvalue weighted by Crippen LogP contribution is -2.34. The molecule has 5 heteroatoms. The van der Waals surface area contributed by atoms with E-state index in [4.69, 9.17) is 16.3 Å². The van der Waals surface area contributed by atoms with Gasteiger partial charge in [-0.25, -0.2) is 0 Å². The Balaban J connectivity index is 2.63. The van der Waals surface area contributed by atoms with E-state index in [2.05, 4.69) is 4.98 Å². The largest absolute Gasteiger partial charge is 0.383 e. The van der Waals surface area contributed by atoms with E-state index in [-0.39, 0.29) is 11.3 Å². The average Bonchev–Trinajstić information content (AvgIpc) is 2.28. The van der Waals surface area contributed by atoms with E-state index >= 15 is 0 Å². The van der Waals surface area contributed by atoms with E-state index in [9.17, 15) is 4.79 Å². The minimum atomic E-state index is -0.197. The number of carbonyl (C=O) groups is 1. The Bertz CT molecular complexity index is 385. The minimum absolute atomic E-state index is 0.0581. The molecule has 1 unspecified atom stereocenters. The first kappa shape index (κ1) is 13.9. The number of aryl methyl sites for hydroxylation is 1. The van der Waals surface area contributed by atoms with Crippen LogP contribution < -0.4 is 0 Å². The first-order valence-corrected chi connectivity index (χ1v) is 5.79. The Kier molecular flexibility index (Phi) is 5.38. The molecule has 0 aliphatic carbocycles. The fourth-order valence-corrected chi connectivity index (χ4v) is 1.85. The van der Waals surface area contributed by atoms with Crippen molar-refractivity contribution >= 4 is 17.5 Å². The van der Waals surface area contributed by atoms with Gasteiger partial charge in [0, 0.05) is 38.2 Å². The van der Waals surface area contributed by atoms with Gasteiger partial charge in [-0.1, -0.05) is 0 Å². The summed E-state index contributed by atoms with van der Waals surface area (Å²) in [5.74, 6) is -0.0581. The van der Waals surface area contributed by atoms with Crippen LogP contribution in [0.5, 0.6) is 0 Å². The van der Waals surface area contributed by atoms with Crippen molar-refractivity contribution in [1.82, 2.24) is 9.88 Å². The Morgan fingerprint density at radius 1 is 1.65 bits per heavy atom. The van der Waals surface area contributed by atoms with Crippen molar-refractivity contribution in [3.05, 3.63) is 29.6 Å². The Labute approximate surface area is 107 Å². The molecule has 1 aromatic rings. The van der Waals surface area contributed by atoms with Gasteiger partial charge in [-0.2, -0.15) is 0 Å². The van der Waals surface area contributed by atoms with Gasteiger partial charge in [0.15, 0.2) is 0 Å². The molecule has 1 amide bonds. The van der Waals surface area contributed by atoms with Gasteiger partial charge in [0.1, 0.15) is 0 Å². The second-order valence-corrected chi connectivity index (χ2v) is 4.54. The summed E-state index contributed by atoms with van der Waals surface area (Å²) in [6.45, 7) is 2.73. The third-order valence-corrected chi connectivity index (χ3v) is 2.57. The smallest absolute Gasteiger partial charge is 0.253 e.